The molecule has 1 saturated carbocycles. The van der Waals surface area contributed by atoms with Gasteiger partial charge in [0.1, 0.15) is 5.54 Å². The molecule has 0 amide bonds. The van der Waals surface area contributed by atoms with Crippen molar-refractivity contribution in [3.05, 3.63) is 0 Å². The van der Waals surface area contributed by atoms with E-state index in [4.69, 9.17) is 0 Å². The largest absolute Gasteiger partial charge is 0.300 e. The highest BCUT2D eigenvalue weighted by atomic mass is 15.2. The topological polar surface area (TPSA) is 39.1 Å². The molecule has 1 N–H and O–H groups in total. The van der Waals surface area contributed by atoms with Crippen LogP contribution in [0, 0.1) is 11.3 Å². The zero-order valence-corrected chi connectivity index (χ0v) is 11.1. The summed E-state index contributed by atoms with van der Waals surface area (Å²) in [4.78, 5) is 2.51. The number of nitrogens with one attached hydrogen (secondary N) is 1. The average Bonchev–Trinajstić information content (AvgIpc) is 2.64. The van der Waals surface area contributed by atoms with E-state index in [0.29, 0.717) is 12.1 Å². The summed E-state index contributed by atoms with van der Waals surface area (Å²) >= 11 is 0. The molecule has 0 aromatic heterocycles. The maximum absolute atomic E-state index is 9.33. The van der Waals surface area contributed by atoms with Crippen LogP contribution < -0.4 is 5.32 Å². The Labute approximate surface area is 99.8 Å². The van der Waals surface area contributed by atoms with Crippen LogP contribution in [0.25, 0.3) is 0 Å². The lowest BCUT2D eigenvalue weighted by Crippen LogP contribution is -2.45. The van der Waals surface area contributed by atoms with Gasteiger partial charge in [0.15, 0.2) is 0 Å². The number of hydrogen-bond donors (Lipinski definition) is 1. The first-order chi connectivity index (χ1) is 7.58. The quantitative estimate of drug-likeness (QED) is 0.776. The SMILES string of the molecule is CCNC1(C#N)CCC(N(CC)C(C)C)C1. The fourth-order valence-corrected chi connectivity index (χ4v) is 2.99. The smallest absolute Gasteiger partial charge is 0.108 e. The molecular formula is C13H25N3. The third-order valence-electron chi connectivity index (χ3n) is 3.72. The monoisotopic (exact) mass is 223 g/mol. The van der Waals surface area contributed by atoms with Crippen LogP contribution >= 0.6 is 0 Å². The van der Waals surface area contributed by atoms with Crippen LogP contribution in [-0.2, 0) is 0 Å². The third-order valence-corrected chi connectivity index (χ3v) is 3.72. The van der Waals surface area contributed by atoms with E-state index in [1.807, 2.05) is 0 Å². The first-order valence-electron chi connectivity index (χ1n) is 6.50. The Morgan fingerprint density at radius 3 is 2.62 bits per heavy atom. The molecule has 1 aliphatic carbocycles. The van der Waals surface area contributed by atoms with Crippen molar-refractivity contribution in [3.8, 4) is 6.07 Å². The van der Waals surface area contributed by atoms with Crippen LogP contribution in [0.3, 0.4) is 0 Å². The third kappa shape index (κ3) is 2.75. The van der Waals surface area contributed by atoms with Gasteiger partial charge in [-0.3, -0.25) is 10.2 Å². The number of nitrogens with zero attached hydrogens (tertiary/aromatic N) is 2. The molecular weight excluding hydrogens is 198 g/mol. The lowest BCUT2D eigenvalue weighted by Gasteiger charge is -2.32. The Morgan fingerprint density at radius 2 is 2.19 bits per heavy atom. The fourth-order valence-electron chi connectivity index (χ4n) is 2.99. The highest BCUT2D eigenvalue weighted by Crippen LogP contribution is 2.33. The van der Waals surface area contributed by atoms with Crippen molar-refractivity contribution >= 4 is 0 Å². The maximum atomic E-state index is 9.33. The molecule has 0 radical (unpaired) electrons. The van der Waals surface area contributed by atoms with E-state index in [2.05, 4.69) is 44.0 Å². The second-order valence-corrected chi connectivity index (χ2v) is 5.05. The van der Waals surface area contributed by atoms with Crippen molar-refractivity contribution in [2.24, 2.45) is 0 Å². The highest BCUT2D eigenvalue weighted by molar-refractivity contribution is 5.13. The minimum Gasteiger partial charge on any atom is -0.300 e. The van der Waals surface area contributed by atoms with Crippen LogP contribution in [0.2, 0.25) is 0 Å². The second kappa shape index (κ2) is 5.65. The van der Waals surface area contributed by atoms with Gasteiger partial charge in [-0.25, -0.2) is 0 Å². The predicted octanol–water partition coefficient (Wildman–Crippen LogP) is 2.14. The Balaban J connectivity index is 2.66. The van der Waals surface area contributed by atoms with Gasteiger partial charge in [0.05, 0.1) is 6.07 Å². The standard InChI is InChI=1S/C13H25N3/c1-5-15-13(10-14)8-7-12(9-13)16(6-2)11(3)4/h11-12,15H,5-9H2,1-4H3. The van der Waals surface area contributed by atoms with Gasteiger partial charge in [-0.2, -0.15) is 5.26 Å². The van der Waals surface area contributed by atoms with Gasteiger partial charge in [0.25, 0.3) is 0 Å². The van der Waals surface area contributed by atoms with Crippen LogP contribution in [0.15, 0.2) is 0 Å². The second-order valence-electron chi connectivity index (χ2n) is 5.05. The van der Waals surface area contributed by atoms with Crippen LogP contribution in [0.4, 0.5) is 0 Å². The molecule has 0 aliphatic heterocycles. The van der Waals surface area contributed by atoms with Crippen molar-refractivity contribution < 1.29 is 0 Å². The molecule has 2 unspecified atom stereocenters. The van der Waals surface area contributed by atoms with E-state index < -0.39 is 0 Å². The number of rotatable bonds is 5. The molecule has 1 rings (SSSR count). The van der Waals surface area contributed by atoms with E-state index in [-0.39, 0.29) is 5.54 Å². The van der Waals surface area contributed by atoms with E-state index in [1.165, 1.54) is 0 Å². The molecule has 1 fully saturated rings. The molecule has 2 atom stereocenters. The summed E-state index contributed by atoms with van der Waals surface area (Å²) in [5, 5.41) is 12.7. The molecule has 16 heavy (non-hydrogen) atoms. The summed E-state index contributed by atoms with van der Waals surface area (Å²) in [6.07, 6.45) is 3.11. The Hall–Kier alpha value is -0.590. The molecule has 0 aromatic rings. The van der Waals surface area contributed by atoms with Crippen molar-refractivity contribution in [1.29, 1.82) is 5.26 Å². The molecule has 0 heterocycles. The Morgan fingerprint density at radius 1 is 1.50 bits per heavy atom. The lowest BCUT2D eigenvalue weighted by molar-refractivity contribution is 0.159. The molecule has 0 saturated heterocycles. The van der Waals surface area contributed by atoms with Gasteiger partial charge in [0, 0.05) is 12.1 Å². The summed E-state index contributed by atoms with van der Waals surface area (Å²) in [6.45, 7) is 10.7. The zero-order chi connectivity index (χ0) is 12.2. The average molecular weight is 223 g/mol. The number of hydrogen-bond acceptors (Lipinski definition) is 3. The van der Waals surface area contributed by atoms with Gasteiger partial charge in [-0.15, -0.1) is 0 Å². The summed E-state index contributed by atoms with van der Waals surface area (Å²) in [6, 6.07) is 3.64. The van der Waals surface area contributed by atoms with Gasteiger partial charge < -0.3 is 0 Å². The van der Waals surface area contributed by atoms with Crippen molar-refractivity contribution in [1.82, 2.24) is 10.2 Å². The normalized spacial score (nSPS) is 29.9. The summed E-state index contributed by atoms with van der Waals surface area (Å²) < 4.78 is 0. The highest BCUT2D eigenvalue weighted by Gasteiger charge is 2.41. The van der Waals surface area contributed by atoms with E-state index in [0.717, 1.165) is 32.4 Å². The Kier molecular flexibility index (Phi) is 4.76. The first kappa shape index (κ1) is 13.5. The van der Waals surface area contributed by atoms with Gasteiger partial charge in [0.2, 0.25) is 0 Å². The molecule has 1 aliphatic rings. The van der Waals surface area contributed by atoms with E-state index in [9.17, 15) is 5.26 Å². The fraction of sp³-hybridized carbons (Fsp3) is 0.923. The molecule has 3 heteroatoms. The summed E-state index contributed by atoms with van der Waals surface area (Å²) in [7, 11) is 0. The molecule has 0 spiro atoms. The molecule has 0 aromatic carbocycles. The van der Waals surface area contributed by atoms with Crippen LogP contribution in [-0.4, -0.2) is 35.6 Å². The van der Waals surface area contributed by atoms with Gasteiger partial charge >= 0.3 is 0 Å². The molecule has 0 bridgehead atoms. The first-order valence-corrected chi connectivity index (χ1v) is 6.50. The molecule has 3 nitrogen and oxygen atoms in total. The van der Waals surface area contributed by atoms with Crippen molar-refractivity contribution in [2.45, 2.75) is 64.6 Å². The molecule has 92 valence electrons. The van der Waals surface area contributed by atoms with Gasteiger partial charge in [-0.05, 0) is 46.2 Å². The van der Waals surface area contributed by atoms with Gasteiger partial charge in [-0.1, -0.05) is 13.8 Å². The number of nitriles is 1. The van der Waals surface area contributed by atoms with Crippen LogP contribution in [0.5, 0.6) is 0 Å². The maximum Gasteiger partial charge on any atom is 0.108 e. The minimum absolute atomic E-state index is 0.262. The van der Waals surface area contributed by atoms with Crippen LogP contribution in [0.1, 0.15) is 47.0 Å². The van der Waals surface area contributed by atoms with Crippen molar-refractivity contribution in [3.63, 3.8) is 0 Å². The van der Waals surface area contributed by atoms with E-state index >= 15 is 0 Å². The zero-order valence-electron chi connectivity index (χ0n) is 11.1. The summed E-state index contributed by atoms with van der Waals surface area (Å²) in [5.41, 5.74) is -0.262. The minimum atomic E-state index is -0.262. The van der Waals surface area contributed by atoms with Crippen molar-refractivity contribution in [2.75, 3.05) is 13.1 Å². The predicted molar refractivity (Wildman–Crippen MR) is 67.2 cm³/mol. The Bertz CT molecular complexity index is 256. The lowest BCUT2D eigenvalue weighted by atomic mass is 9.99. The summed E-state index contributed by atoms with van der Waals surface area (Å²) in [5.74, 6) is 0. The van der Waals surface area contributed by atoms with E-state index in [1.54, 1.807) is 0 Å².